The summed E-state index contributed by atoms with van der Waals surface area (Å²) in [6, 6.07) is 5.48. The van der Waals surface area contributed by atoms with Crippen LogP contribution in [0.15, 0.2) is 18.2 Å². The van der Waals surface area contributed by atoms with E-state index in [-0.39, 0.29) is 19.0 Å². The second-order valence-corrected chi connectivity index (χ2v) is 5.61. The Bertz CT molecular complexity index is 476. The summed E-state index contributed by atoms with van der Waals surface area (Å²) >= 11 is 0. The van der Waals surface area contributed by atoms with E-state index in [2.05, 4.69) is 0 Å². The van der Waals surface area contributed by atoms with Gasteiger partial charge in [0.25, 0.3) is 0 Å². The molecular weight excluding hydrogens is 272 g/mol. The molecule has 0 radical (unpaired) electrons. The minimum Gasteiger partial charge on any atom is -0.454 e. The quantitative estimate of drug-likeness (QED) is 0.904. The first-order valence-electron chi connectivity index (χ1n) is 7.48. The number of fused-ring (bicyclic) bond motifs is 1. The molecule has 1 aliphatic carbocycles. The van der Waals surface area contributed by atoms with Crippen molar-refractivity contribution in [3.05, 3.63) is 23.8 Å². The van der Waals surface area contributed by atoms with Gasteiger partial charge in [-0.25, -0.2) is 0 Å². The van der Waals surface area contributed by atoms with Gasteiger partial charge in [-0.15, -0.1) is 0 Å². The average Bonchev–Trinajstić information content (AvgIpc) is 3.00. The van der Waals surface area contributed by atoms with Gasteiger partial charge in [-0.3, -0.25) is 0 Å². The lowest BCUT2D eigenvalue weighted by Gasteiger charge is -2.29. The molecule has 5 nitrogen and oxygen atoms in total. The Kier molecular flexibility index (Phi) is 4.63. The zero-order valence-corrected chi connectivity index (χ0v) is 12.3. The molecule has 1 saturated carbocycles. The number of hydrogen-bond donors (Lipinski definition) is 1. The molecule has 3 atom stereocenters. The molecule has 21 heavy (non-hydrogen) atoms. The maximum absolute atomic E-state index is 10.3. The summed E-state index contributed by atoms with van der Waals surface area (Å²) in [5.74, 6) is 1.41. The molecule has 2 aliphatic rings. The van der Waals surface area contributed by atoms with Gasteiger partial charge >= 0.3 is 0 Å². The number of aliphatic hydroxyl groups is 1. The minimum absolute atomic E-state index is 0.173. The Balaban J connectivity index is 1.53. The van der Waals surface area contributed by atoms with E-state index in [9.17, 15) is 5.11 Å². The number of ether oxygens (including phenoxy) is 4. The Morgan fingerprint density at radius 3 is 2.90 bits per heavy atom. The topological polar surface area (TPSA) is 57.2 Å². The normalized spacial score (nSPS) is 25.8. The van der Waals surface area contributed by atoms with E-state index in [1.807, 2.05) is 18.2 Å². The van der Waals surface area contributed by atoms with Gasteiger partial charge in [0.1, 0.15) is 6.10 Å². The van der Waals surface area contributed by atoms with Gasteiger partial charge in [0.15, 0.2) is 11.5 Å². The van der Waals surface area contributed by atoms with Crippen LogP contribution in [0, 0.1) is 0 Å². The number of hydrogen-bond acceptors (Lipinski definition) is 5. The van der Waals surface area contributed by atoms with Crippen LogP contribution in [0.5, 0.6) is 11.5 Å². The van der Waals surface area contributed by atoms with Crippen molar-refractivity contribution < 1.29 is 24.1 Å². The highest BCUT2D eigenvalue weighted by Crippen LogP contribution is 2.34. The van der Waals surface area contributed by atoms with Crippen LogP contribution >= 0.6 is 0 Å². The molecule has 3 unspecified atom stereocenters. The Morgan fingerprint density at radius 2 is 2.05 bits per heavy atom. The predicted molar refractivity (Wildman–Crippen MR) is 76.5 cm³/mol. The largest absolute Gasteiger partial charge is 0.454 e. The zero-order valence-electron chi connectivity index (χ0n) is 12.3. The van der Waals surface area contributed by atoms with Crippen molar-refractivity contribution in [3.63, 3.8) is 0 Å². The molecule has 0 spiro atoms. The first-order valence-corrected chi connectivity index (χ1v) is 7.48. The van der Waals surface area contributed by atoms with E-state index >= 15 is 0 Å². The SMILES string of the molecule is COC1CCCC(OCC(O)c2ccc3c(c2)OCO3)C1. The van der Waals surface area contributed by atoms with E-state index in [4.69, 9.17) is 18.9 Å². The second kappa shape index (κ2) is 6.64. The van der Waals surface area contributed by atoms with E-state index in [1.165, 1.54) is 0 Å². The maximum atomic E-state index is 10.3. The smallest absolute Gasteiger partial charge is 0.231 e. The number of rotatable bonds is 5. The van der Waals surface area contributed by atoms with Gasteiger partial charge in [-0.05, 0) is 43.4 Å². The standard InChI is InChI=1S/C16H22O5/c1-18-12-3-2-4-13(8-12)19-9-14(17)11-5-6-15-16(7-11)21-10-20-15/h5-7,12-14,17H,2-4,8-10H2,1H3. The molecular formula is C16H22O5. The van der Waals surface area contributed by atoms with E-state index in [0.717, 1.165) is 37.0 Å². The summed E-state index contributed by atoms with van der Waals surface area (Å²) in [6.07, 6.45) is 3.96. The lowest BCUT2D eigenvalue weighted by atomic mass is 9.95. The van der Waals surface area contributed by atoms with Gasteiger partial charge < -0.3 is 24.1 Å². The van der Waals surface area contributed by atoms with Crippen molar-refractivity contribution in [2.24, 2.45) is 0 Å². The molecule has 0 saturated heterocycles. The maximum Gasteiger partial charge on any atom is 0.231 e. The van der Waals surface area contributed by atoms with Crippen LogP contribution in [0.4, 0.5) is 0 Å². The van der Waals surface area contributed by atoms with E-state index < -0.39 is 6.10 Å². The molecule has 1 aromatic rings. The summed E-state index contributed by atoms with van der Waals surface area (Å²) in [4.78, 5) is 0. The summed E-state index contributed by atoms with van der Waals surface area (Å²) in [7, 11) is 1.74. The molecule has 0 bridgehead atoms. The van der Waals surface area contributed by atoms with Crippen LogP contribution in [0.1, 0.15) is 37.4 Å². The van der Waals surface area contributed by atoms with Crippen molar-refractivity contribution in [3.8, 4) is 11.5 Å². The van der Waals surface area contributed by atoms with E-state index in [1.54, 1.807) is 7.11 Å². The third-order valence-electron chi connectivity index (χ3n) is 4.18. The van der Waals surface area contributed by atoms with Gasteiger partial charge in [0.2, 0.25) is 6.79 Å². The van der Waals surface area contributed by atoms with Gasteiger partial charge in [-0.1, -0.05) is 6.07 Å². The van der Waals surface area contributed by atoms with Crippen LogP contribution in [0.2, 0.25) is 0 Å². The molecule has 1 aromatic carbocycles. The van der Waals surface area contributed by atoms with Gasteiger partial charge in [-0.2, -0.15) is 0 Å². The number of methoxy groups -OCH3 is 1. The van der Waals surface area contributed by atoms with Gasteiger partial charge in [0, 0.05) is 7.11 Å². The lowest BCUT2D eigenvalue weighted by Crippen LogP contribution is -2.28. The molecule has 1 aliphatic heterocycles. The molecule has 1 heterocycles. The van der Waals surface area contributed by atoms with Crippen LogP contribution < -0.4 is 9.47 Å². The number of aliphatic hydroxyl groups excluding tert-OH is 1. The van der Waals surface area contributed by atoms with Crippen LogP contribution in [0.25, 0.3) is 0 Å². The fourth-order valence-electron chi connectivity index (χ4n) is 2.91. The molecule has 0 aromatic heterocycles. The number of benzene rings is 1. The van der Waals surface area contributed by atoms with Gasteiger partial charge in [0.05, 0.1) is 18.8 Å². The first kappa shape index (κ1) is 14.6. The lowest BCUT2D eigenvalue weighted by molar-refractivity contribution is -0.0570. The summed E-state index contributed by atoms with van der Waals surface area (Å²) in [6.45, 7) is 0.534. The van der Waals surface area contributed by atoms with Crippen molar-refractivity contribution >= 4 is 0 Å². The molecule has 5 heteroatoms. The van der Waals surface area contributed by atoms with Crippen LogP contribution in [-0.2, 0) is 9.47 Å². The van der Waals surface area contributed by atoms with Crippen LogP contribution in [0.3, 0.4) is 0 Å². The molecule has 1 fully saturated rings. The monoisotopic (exact) mass is 294 g/mol. The Labute approximate surface area is 124 Å². The summed E-state index contributed by atoms with van der Waals surface area (Å²) in [5, 5.41) is 10.3. The highest BCUT2D eigenvalue weighted by atomic mass is 16.7. The van der Waals surface area contributed by atoms with E-state index in [0.29, 0.717) is 12.4 Å². The highest BCUT2D eigenvalue weighted by Gasteiger charge is 2.23. The predicted octanol–water partition coefficient (Wildman–Crippen LogP) is 2.42. The summed E-state index contributed by atoms with van der Waals surface area (Å²) < 4.78 is 21.8. The van der Waals surface area contributed by atoms with Crippen molar-refractivity contribution in [2.45, 2.75) is 44.0 Å². The highest BCUT2D eigenvalue weighted by molar-refractivity contribution is 5.45. The first-order chi connectivity index (χ1) is 10.3. The average molecular weight is 294 g/mol. The fourth-order valence-corrected chi connectivity index (χ4v) is 2.91. The Hall–Kier alpha value is -1.30. The minimum atomic E-state index is -0.651. The van der Waals surface area contributed by atoms with Crippen molar-refractivity contribution in [1.82, 2.24) is 0 Å². The summed E-state index contributed by atoms with van der Waals surface area (Å²) in [5.41, 5.74) is 0.790. The van der Waals surface area contributed by atoms with Crippen molar-refractivity contribution in [2.75, 3.05) is 20.5 Å². The molecule has 3 rings (SSSR count). The molecule has 116 valence electrons. The molecule has 0 amide bonds. The fraction of sp³-hybridized carbons (Fsp3) is 0.625. The van der Waals surface area contributed by atoms with Crippen LogP contribution in [-0.4, -0.2) is 37.8 Å². The third kappa shape index (κ3) is 3.48. The third-order valence-corrected chi connectivity index (χ3v) is 4.18. The Morgan fingerprint density at radius 1 is 1.24 bits per heavy atom. The zero-order chi connectivity index (χ0) is 14.7. The molecule has 1 N–H and O–H groups in total. The van der Waals surface area contributed by atoms with Crippen molar-refractivity contribution in [1.29, 1.82) is 0 Å². The second-order valence-electron chi connectivity index (χ2n) is 5.61.